The third-order valence-corrected chi connectivity index (χ3v) is 6.64. The summed E-state index contributed by atoms with van der Waals surface area (Å²) in [4.78, 5) is 26.3. The Morgan fingerprint density at radius 2 is 1.64 bits per heavy atom. The number of imide groups is 1. The van der Waals surface area contributed by atoms with Crippen LogP contribution in [0.25, 0.3) is 0 Å². The molecule has 1 aromatic rings. The minimum absolute atomic E-state index is 0.0848. The fourth-order valence-electron chi connectivity index (χ4n) is 2.94. The summed E-state index contributed by atoms with van der Waals surface area (Å²) in [6.07, 6.45) is -0.324. The van der Waals surface area contributed by atoms with Gasteiger partial charge in [0.1, 0.15) is 0 Å². The number of benzene rings is 1. The molecule has 1 aromatic carbocycles. The first kappa shape index (κ1) is 20.0. The third kappa shape index (κ3) is 5.11. The summed E-state index contributed by atoms with van der Waals surface area (Å²) in [5.41, 5.74) is 0.812. The Morgan fingerprint density at radius 1 is 1.12 bits per heavy atom. The lowest BCUT2D eigenvalue weighted by Crippen LogP contribution is -2.44. The quantitative estimate of drug-likeness (QED) is 0.391. The summed E-state index contributed by atoms with van der Waals surface area (Å²) < 4.78 is 24.1. The van der Waals surface area contributed by atoms with Gasteiger partial charge >= 0.3 is 0 Å². The second kappa shape index (κ2) is 7.54. The highest BCUT2D eigenvalue weighted by molar-refractivity contribution is 7.58. The molecule has 0 saturated carbocycles. The van der Waals surface area contributed by atoms with E-state index in [1.807, 2.05) is 19.6 Å². The van der Waals surface area contributed by atoms with Gasteiger partial charge in [0.25, 0.3) is 11.8 Å². The van der Waals surface area contributed by atoms with Crippen molar-refractivity contribution >= 4 is 27.5 Å². The van der Waals surface area contributed by atoms with Crippen LogP contribution in [0, 0.1) is 0 Å². The van der Waals surface area contributed by atoms with Crippen molar-refractivity contribution in [3.05, 3.63) is 35.4 Å². The Hall–Kier alpha value is -1.27. The SMILES string of the molecule is CCOP(C)(=O)CC(CN1C(=O)c2ccccc2C1=O)O[Si](C)(C)C. The van der Waals surface area contributed by atoms with E-state index in [0.717, 1.165) is 0 Å². The number of rotatable bonds is 8. The fraction of sp³-hybridized carbons (Fsp3) is 0.529. The molecule has 0 radical (unpaired) electrons. The first-order valence-corrected chi connectivity index (χ1v) is 14.0. The van der Waals surface area contributed by atoms with Crippen LogP contribution < -0.4 is 0 Å². The molecule has 0 aromatic heterocycles. The molecule has 138 valence electrons. The second-order valence-corrected chi connectivity index (χ2v) is 14.3. The Bertz CT molecular complexity index is 680. The smallest absolute Gasteiger partial charge is 0.261 e. The maximum absolute atomic E-state index is 12.6. The average molecular weight is 383 g/mol. The topological polar surface area (TPSA) is 72.9 Å². The van der Waals surface area contributed by atoms with E-state index < -0.39 is 21.8 Å². The van der Waals surface area contributed by atoms with Crippen LogP contribution in [0.4, 0.5) is 0 Å². The van der Waals surface area contributed by atoms with E-state index in [0.29, 0.717) is 17.7 Å². The third-order valence-electron chi connectivity index (χ3n) is 3.72. The predicted molar refractivity (Wildman–Crippen MR) is 100 cm³/mol. The lowest BCUT2D eigenvalue weighted by atomic mass is 10.1. The number of carbonyl (C=O) groups is 2. The van der Waals surface area contributed by atoms with Gasteiger partial charge in [-0.25, -0.2) is 0 Å². The Morgan fingerprint density at radius 3 is 2.08 bits per heavy atom. The Labute approximate surface area is 150 Å². The molecule has 0 saturated heterocycles. The molecule has 2 unspecified atom stereocenters. The highest BCUT2D eigenvalue weighted by atomic mass is 31.2. The van der Waals surface area contributed by atoms with Crippen molar-refractivity contribution in [2.24, 2.45) is 0 Å². The summed E-state index contributed by atoms with van der Waals surface area (Å²) in [5.74, 6) is -0.653. The molecule has 0 fully saturated rings. The molecule has 0 bridgehead atoms. The minimum Gasteiger partial charge on any atom is -0.412 e. The first-order valence-electron chi connectivity index (χ1n) is 8.38. The first-order chi connectivity index (χ1) is 11.5. The molecule has 1 heterocycles. The van der Waals surface area contributed by atoms with E-state index >= 15 is 0 Å². The van der Waals surface area contributed by atoms with Gasteiger partial charge in [-0.2, -0.15) is 0 Å². The van der Waals surface area contributed by atoms with Crippen molar-refractivity contribution in [2.45, 2.75) is 32.7 Å². The molecule has 25 heavy (non-hydrogen) atoms. The van der Waals surface area contributed by atoms with Crippen LogP contribution in [0.15, 0.2) is 24.3 Å². The molecule has 0 N–H and O–H groups in total. The largest absolute Gasteiger partial charge is 0.412 e. The maximum Gasteiger partial charge on any atom is 0.261 e. The van der Waals surface area contributed by atoms with E-state index in [1.54, 1.807) is 37.9 Å². The molecule has 0 aliphatic carbocycles. The van der Waals surface area contributed by atoms with Crippen molar-refractivity contribution in [3.8, 4) is 0 Å². The van der Waals surface area contributed by atoms with Crippen molar-refractivity contribution in [2.75, 3.05) is 26.0 Å². The highest BCUT2D eigenvalue weighted by Gasteiger charge is 2.38. The van der Waals surface area contributed by atoms with Gasteiger partial charge in [-0.05, 0) is 38.7 Å². The van der Waals surface area contributed by atoms with Crippen LogP contribution in [-0.2, 0) is 13.5 Å². The van der Waals surface area contributed by atoms with Gasteiger partial charge < -0.3 is 8.95 Å². The number of carbonyl (C=O) groups excluding carboxylic acids is 2. The molecular weight excluding hydrogens is 357 g/mol. The van der Waals surface area contributed by atoms with Gasteiger partial charge in [-0.3, -0.25) is 19.1 Å². The molecule has 1 aliphatic rings. The van der Waals surface area contributed by atoms with Crippen LogP contribution in [0.5, 0.6) is 0 Å². The van der Waals surface area contributed by atoms with E-state index in [2.05, 4.69) is 0 Å². The zero-order chi connectivity index (χ0) is 18.8. The van der Waals surface area contributed by atoms with Crippen molar-refractivity contribution in [3.63, 3.8) is 0 Å². The van der Waals surface area contributed by atoms with Crippen LogP contribution in [-0.4, -0.2) is 57.1 Å². The summed E-state index contributed by atoms with van der Waals surface area (Å²) >= 11 is 0. The number of fused-ring (bicyclic) bond motifs is 1. The van der Waals surface area contributed by atoms with E-state index in [4.69, 9.17) is 8.95 Å². The Kier molecular flexibility index (Phi) is 6.04. The number of amides is 2. The average Bonchev–Trinajstić information content (AvgIpc) is 2.70. The molecule has 1 aliphatic heterocycles. The van der Waals surface area contributed by atoms with Gasteiger partial charge in [0, 0.05) is 6.66 Å². The van der Waals surface area contributed by atoms with E-state index in [1.165, 1.54) is 4.90 Å². The summed E-state index contributed by atoms with van der Waals surface area (Å²) in [6.45, 7) is 9.84. The van der Waals surface area contributed by atoms with Crippen molar-refractivity contribution in [1.29, 1.82) is 0 Å². The second-order valence-electron chi connectivity index (χ2n) is 7.23. The molecule has 0 spiro atoms. The molecule has 8 heteroatoms. The number of nitrogens with zero attached hydrogens (tertiary/aromatic N) is 1. The number of hydrogen-bond acceptors (Lipinski definition) is 5. The number of hydrogen-bond donors (Lipinski definition) is 0. The summed E-state index contributed by atoms with van der Waals surface area (Å²) in [6, 6.07) is 6.77. The standard InChI is InChI=1S/C17H26NO5PSi/c1-6-22-24(2,21)12-13(23-25(3,4)5)11-18-16(19)14-9-7-8-10-15(14)17(18)20/h7-10,13H,6,11-12H2,1-5H3. The van der Waals surface area contributed by atoms with Gasteiger partial charge in [0.15, 0.2) is 8.32 Å². The fourth-order valence-corrected chi connectivity index (χ4v) is 5.82. The normalized spacial score (nSPS) is 18.2. The highest BCUT2D eigenvalue weighted by Crippen LogP contribution is 2.44. The monoisotopic (exact) mass is 383 g/mol. The Balaban J connectivity index is 2.21. The molecule has 6 nitrogen and oxygen atoms in total. The van der Waals surface area contributed by atoms with Crippen LogP contribution in [0.2, 0.25) is 19.6 Å². The maximum atomic E-state index is 12.6. The van der Waals surface area contributed by atoms with Gasteiger partial charge in [0.2, 0.25) is 7.37 Å². The van der Waals surface area contributed by atoms with Gasteiger partial charge in [-0.15, -0.1) is 0 Å². The van der Waals surface area contributed by atoms with Crippen LogP contribution in [0.1, 0.15) is 27.6 Å². The minimum atomic E-state index is -2.86. The predicted octanol–water partition coefficient (Wildman–Crippen LogP) is 3.45. The van der Waals surface area contributed by atoms with Gasteiger partial charge in [-0.1, -0.05) is 12.1 Å². The molecule has 2 amide bonds. The molecule has 2 atom stereocenters. The van der Waals surface area contributed by atoms with Crippen LogP contribution in [0.3, 0.4) is 0 Å². The van der Waals surface area contributed by atoms with Crippen molar-refractivity contribution < 1.29 is 23.1 Å². The summed E-state index contributed by atoms with van der Waals surface area (Å²) in [5, 5.41) is 0. The lowest BCUT2D eigenvalue weighted by Gasteiger charge is -2.30. The summed E-state index contributed by atoms with van der Waals surface area (Å²) in [7, 11) is -4.82. The van der Waals surface area contributed by atoms with Crippen molar-refractivity contribution in [1.82, 2.24) is 4.90 Å². The lowest BCUT2D eigenvalue weighted by molar-refractivity contribution is 0.0578. The van der Waals surface area contributed by atoms with E-state index in [-0.39, 0.29) is 24.5 Å². The zero-order valence-corrected chi connectivity index (χ0v) is 17.3. The van der Waals surface area contributed by atoms with E-state index in [9.17, 15) is 14.2 Å². The van der Waals surface area contributed by atoms with Crippen LogP contribution >= 0.6 is 7.37 Å². The molecule has 2 rings (SSSR count). The zero-order valence-electron chi connectivity index (χ0n) is 15.4. The molecular formula is C17H26NO5PSi. The van der Waals surface area contributed by atoms with Gasteiger partial charge in [0.05, 0.1) is 36.5 Å².